The van der Waals surface area contributed by atoms with Crippen molar-refractivity contribution in [3.63, 3.8) is 0 Å². The molecule has 0 aromatic carbocycles. The molecule has 0 atom stereocenters. The molecule has 8 heteroatoms. The second-order valence-electron chi connectivity index (χ2n) is 5.85. The predicted octanol–water partition coefficient (Wildman–Crippen LogP) is 0.515. The number of aryl methyl sites for hydroxylation is 4. The molecule has 0 saturated carbocycles. The molecule has 0 aliphatic rings. The van der Waals surface area contributed by atoms with Crippen molar-refractivity contribution in [3.05, 3.63) is 34.4 Å². The van der Waals surface area contributed by atoms with Crippen LogP contribution in [0.25, 0.3) is 0 Å². The van der Waals surface area contributed by atoms with E-state index in [1.165, 1.54) is 4.68 Å². The summed E-state index contributed by atoms with van der Waals surface area (Å²) in [5.74, 6) is -0.344. The second-order valence-corrected chi connectivity index (χ2v) is 5.85. The van der Waals surface area contributed by atoms with Gasteiger partial charge in [0.05, 0.1) is 11.4 Å². The molecule has 2 aromatic rings. The molecule has 2 heterocycles. The number of rotatable bonds is 6. The Morgan fingerprint density at radius 2 is 1.79 bits per heavy atom. The van der Waals surface area contributed by atoms with Gasteiger partial charge in [0.1, 0.15) is 5.69 Å². The van der Waals surface area contributed by atoms with Gasteiger partial charge in [-0.3, -0.25) is 19.0 Å². The second kappa shape index (κ2) is 7.29. The highest BCUT2D eigenvalue weighted by Gasteiger charge is 2.13. The summed E-state index contributed by atoms with van der Waals surface area (Å²) in [6.45, 7) is 6.44. The van der Waals surface area contributed by atoms with Crippen LogP contribution in [0.15, 0.2) is 6.07 Å². The molecule has 0 radical (unpaired) electrons. The molecule has 0 fully saturated rings. The van der Waals surface area contributed by atoms with E-state index in [2.05, 4.69) is 20.8 Å². The molecular weight excluding hydrogens is 308 g/mol. The number of hydrogen-bond acceptors (Lipinski definition) is 4. The van der Waals surface area contributed by atoms with Gasteiger partial charge < -0.3 is 10.6 Å². The molecule has 0 aliphatic carbocycles. The highest BCUT2D eigenvalue weighted by molar-refractivity contribution is 5.92. The number of amides is 2. The number of aromatic nitrogens is 4. The Morgan fingerprint density at radius 3 is 2.33 bits per heavy atom. The number of nitrogens with one attached hydrogen (secondary N) is 2. The molecule has 24 heavy (non-hydrogen) atoms. The molecule has 8 nitrogen and oxygen atoms in total. The minimum absolute atomic E-state index is 0.112. The summed E-state index contributed by atoms with van der Waals surface area (Å²) >= 11 is 0. The van der Waals surface area contributed by atoms with Crippen molar-refractivity contribution in [2.24, 2.45) is 14.1 Å². The van der Waals surface area contributed by atoms with Crippen molar-refractivity contribution in [2.45, 2.75) is 33.7 Å². The van der Waals surface area contributed by atoms with Crippen LogP contribution in [0, 0.1) is 20.8 Å². The minimum Gasteiger partial charge on any atom is -0.352 e. The first-order valence-corrected chi connectivity index (χ1v) is 7.84. The zero-order valence-corrected chi connectivity index (χ0v) is 14.8. The molecule has 0 aliphatic heterocycles. The Kier molecular flexibility index (Phi) is 5.38. The Hall–Kier alpha value is -2.64. The zero-order valence-electron chi connectivity index (χ0n) is 14.8. The van der Waals surface area contributed by atoms with Gasteiger partial charge in [0.2, 0.25) is 5.91 Å². The first kappa shape index (κ1) is 17.7. The van der Waals surface area contributed by atoms with Crippen molar-refractivity contribution in [3.8, 4) is 0 Å². The highest BCUT2D eigenvalue weighted by atomic mass is 16.2. The topological polar surface area (TPSA) is 93.8 Å². The van der Waals surface area contributed by atoms with Crippen molar-refractivity contribution in [2.75, 3.05) is 6.54 Å². The van der Waals surface area contributed by atoms with Crippen LogP contribution in [0.2, 0.25) is 0 Å². The molecule has 0 spiro atoms. The molecule has 0 bridgehead atoms. The average Bonchev–Trinajstić information content (AvgIpc) is 2.96. The van der Waals surface area contributed by atoms with E-state index in [0.717, 1.165) is 22.6 Å². The third-order valence-electron chi connectivity index (χ3n) is 3.99. The van der Waals surface area contributed by atoms with Gasteiger partial charge in [-0.25, -0.2) is 0 Å². The summed E-state index contributed by atoms with van der Waals surface area (Å²) in [5, 5.41) is 14.0. The van der Waals surface area contributed by atoms with Crippen molar-refractivity contribution >= 4 is 11.8 Å². The fourth-order valence-electron chi connectivity index (χ4n) is 2.55. The lowest BCUT2D eigenvalue weighted by Gasteiger charge is -2.07. The Balaban J connectivity index is 1.77. The van der Waals surface area contributed by atoms with Crippen LogP contribution in [0.1, 0.15) is 39.6 Å². The largest absolute Gasteiger partial charge is 0.352 e. The van der Waals surface area contributed by atoms with Crippen molar-refractivity contribution in [1.82, 2.24) is 30.2 Å². The van der Waals surface area contributed by atoms with Gasteiger partial charge >= 0.3 is 0 Å². The van der Waals surface area contributed by atoms with E-state index < -0.39 is 0 Å². The van der Waals surface area contributed by atoms with E-state index in [4.69, 9.17) is 0 Å². The van der Waals surface area contributed by atoms with Crippen LogP contribution < -0.4 is 10.6 Å². The monoisotopic (exact) mass is 332 g/mol. The van der Waals surface area contributed by atoms with Crippen LogP contribution in [0.3, 0.4) is 0 Å². The van der Waals surface area contributed by atoms with E-state index >= 15 is 0 Å². The predicted molar refractivity (Wildman–Crippen MR) is 89.4 cm³/mol. The fraction of sp³-hybridized carbons (Fsp3) is 0.500. The summed E-state index contributed by atoms with van der Waals surface area (Å²) < 4.78 is 3.33. The van der Waals surface area contributed by atoms with Crippen LogP contribution in [-0.2, 0) is 25.4 Å². The highest BCUT2D eigenvalue weighted by Crippen LogP contribution is 2.11. The van der Waals surface area contributed by atoms with Crippen molar-refractivity contribution in [1.29, 1.82) is 0 Å². The average molecular weight is 332 g/mol. The van der Waals surface area contributed by atoms with Crippen molar-refractivity contribution < 1.29 is 9.59 Å². The van der Waals surface area contributed by atoms with E-state index in [-0.39, 0.29) is 24.8 Å². The summed E-state index contributed by atoms with van der Waals surface area (Å²) in [4.78, 5) is 23.9. The molecule has 0 saturated heterocycles. The van der Waals surface area contributed by atoms with Gasteiger partial charge in [-0.05, 0) is 26.8 Å². The molecule has 2 amide bonds. The fourth-order valence-corrected chi connectivity index (χ4v) is 2.55. The first-order valence-electron chi connectivity index (χ1n) is 7.84. The first-order chi connectivity index (χ1) is 11.3. The van der Waals surface area contributed by atoms with Crippen LogP contribution >= 0.6 is 0 Å². The van der Waals surface area contributed by atoms with Gasteiger partial charge in [0.15, 0.2) is 0 Å². The molecule has 0 unspecified atom stereocenters. The Labute approximate surface area is 141 Å². The number of hydrogen-bond donors (Lipinski definition) is 2. The number of carbonyl (C=O) groups is 2. The third kappa shape index (κ3) is 4.01. The lowest BCUT2D eigenvalue weighted by atomic mass is 10.2. The maximum atomic E-state index is 12.0. The number of nitrogens with zero attached hydrogens (tertiary/aromatic N) is 4. The molecule has 2 aromatic heterocycles. The summed E-state index contributed by atoms with van der Waals surface area (Å²) in [6.07, 6.45) is 0.223. The normalized spacial score (nSPS) is 10.7. The quantitative estimate of drug-likeness (QED) is 0.806. The molecule has 130 valence electrons. The minimum atomic E-state index is -0.232. The van der Waals surface area contributed by atoms with E-state index in [9.17, 15) is 9.59 Å². The summed E-state index contributed by atoms with van der Waals surface area (Å²) in [7, 11) is 3.59. The van der Waals surface area contributed by atoms with E-state index in [0.29, 0.717) is 12.2 Å². The van der Waals surface area contributed by atoms with Gasteiger partial charge in [0.25, 0.3) is 5.91 Å². The van der Waals surface area contributed by atoms with Crippen LogP contribution in [-0.4, -0.2) is 37.9 Å². The number of carbonyl (C=O) groups excluding carboxylic acids is 2. The zero-order chi connectivity index (χ0) is 17.9. The lowest BCUT2D eigenvalue weighted by Crippen LogP contribution is -2.31. The standard InChI is InChI=1S/C16H24N6O2/c1-10-8-14(22(5)19-10)16(24)17-7-6-15(23)18-9-13-11(2)20-21(4)12(13)3/h8H,6-7,9H2,1-5H3,(H,17,24)(H,18,23). The van der Waals surface area contributed by atoms with Crippen LogP contribution in [0.4, 0.5) is 0 Å². The van der Waals surface area contributed by atoms with Gasteiger partial charge in [-0.2, -0.15) is 10.2 Å². The van der Waals surface area contributed by atoms with Crippen LogP contribution in [0.5, 0.6) is 0 Å². The van der Waals surface area contributed by atoms with Gasteiger partial charge in [-0.1, -0.05) is 0 Å². The smallest absolute Gasteiger partial charge is 0.269 e. The van der Waals surface area contributed by atoms with E-state index in [1.807, 2.05) is 27.8 Å². The summed E-state index contributed by atoms with van der Waals surface area (Å²) in [6, 6.07) is 1.71. The SMILES string of the molecule is Cc1cc(C(=O)NCCC(=O)NCc2c(C)nn(C)c2C)n(C)n1. The molecule has 2 rings (SSSR count). The molecular formula is C16H24N6O2. The maximum Gasteiger partial charge on any atom is 0.269 e. The third-order valence-corrected chi connectivity index (χ3v) is 3.99. The lowest BCUT2D eigenvalue weighted by molar-refractivity contribution is -0.121. The van der Waals surface area contributed by atoms with E-state index in [1.54, 1.807) is 17.8 Å². The maximum absolute atomic E-state index is 12.0. The van der Waals surface area contributed by atoms with Gasteiger partial charge in [0, 0.05) is 44.9 Å². The van der Waals surface area contributed by atoms with Gasteiger partial charge in [-0.15, -0.1) is 0 Å². The molecule has 2 N–H and O–H groups in total. The Morgan fingerprint density at radius 1 is 1.08 bits per heavy atom. The summed E-state index contributed by atoms with van der Waals surface area (Å²) in [5.41, 5.74) is 4.24. The Bertz CT molecular complexity index is 759.